The Bertz CT molecular complexity index is 1010. The van der Waals surface area contributed by atoms with Crippen LogP contribution in [0.1, 0.15) is 0 Å². The number of ether oxygens (including phenoxy) is 3. The van der Waals surface area contributed by atoms with E-state index in [1.165, 1.54) is 0 Å². The minimum atomic E-state index is 0.253. The van der Waals surface area contributed by atoms with Crippen molar-refractivity contribution >= 4 is 28.8 Å². The van der Waals surface area contributed by atoms with E-state index in [0.717, 1.165) is 54.9 Å². The molecule has 0 atom stereocenters. The number of hydrogen-bond donors (Lipinski definition) is 2. The molecule has 0 radical (unpaired) electrons. The molecule has 1 fully saturated rings. The van der Waals surface area contributed by atoms with Crippen LogP contribution in [0.3, 0.4) is 0 Å². The summed E-state index contributed by atoms with van der Waals surface area (Å²) in [7, 11) is 0. The first-order valence-corrected chi connectivity index (χ1v) is 9.54. The van der Waals surface area contributed by atoms with Gasteiger partial charge < -0.3 is 29.7 Å². The maximum Gasteiger partial charge on any atom is 0.231 e. The van der Waals surface area contributed by atoms with E-state index in [1.54, 1.807) is 6.20 Å². The third-order valence-electron chi connectivity index (χ3n) is 4.80. The van der Waals surface area contributed by atoms with E-state index in [4.69, 9.17) is 14.2 Å². The first-order valence-electron chi connectivity index (χ1n) is 9.54. The molecule has 29 heavy (non-hydrogen) atoms. The van der Waals surface area contributed by atoms with Crippen molar-refractivity contribution in [3.05, 3.63) is 54.7 Å². The molecule has 8 heteroatoms. The van der Waals surface area contributed by atoms with Gasteiger partial charge in [0.1, 0.15) is 5.82 Å². The van der Waals surface area contributed by atoms with Crippen LogP contribution in [-0.2, 0) is 4.74 Å². The first kappa shape index (κ1) is 17.6. The first-order chi connectivity index (χ1) is 14.3. The monoisotopic (exact) mass is 391 g/mol. The van der Waals surface area contributed by atoms with Gasteiger partial charge in [-0.15, -0.1) is 0 Å². The summed E-state index contributed by atoms with van der Waals surface area (Å²) in [4.78, 5) is 11.3. The number of anilines is 5. The summed E-state index contributed by atoms with van der Waals surface area (Å²) in [6, 6.07) is 15.7. The van der Waals surface area contributed by atoms with E-state index in [-0.39, 0.29) is 6.79 Å². The van der Waals surface area contributed by atoms with Gasteiger partial charge in [0.25, 0.3) is 0 Å². The highest BCUT2D eigenvalue weighted by Gasteiger charge is 2.16. The van der Waals surface area contributed by atoms with Crippen molar-refractivity contribution in [3.63, 3.8) is 0 Å². The van der Waals surface area contributed by atoms with Gasteiger partial charge in [0.15, 0.2) is 11.5 Å². The van der Waals surface area contributed by atoms with Gasteiger partial charge in [-0.2, -0.15) is 4.98 Å². The highest BCUT2D eigenvalue weighted by molar-refractivity contribution is 5.74. The molecular formula is C21H21N5O3. The zero-order valence-corrected chi connectivity index (χ0v) is 15.8. The third-order valence-corrected chi connectivity index (χ3v) is 4.80. The lowest BCUT2D eigenvalue weighted by Crippen LogP contribution is -2.36. The highest BCUT2D eigenvalue weighted by atomic mass is 16.7. The molecule has 148 valence electrons. The lowest BCUT2D eigenvalue weighted by atomic mass is 10.2. The smallest absolute Gasteiger partial charge is 0.231 e. The standard InChI is InChI=1S/C21H21N5O3/c1-2-4-17(26-9-11-27-12-10-26)16(3-1)24-21-22-8-7-20(25-21)23-15-5-6-18-19(13-15)29-14-28-18/h1-8,13H,9-12,14H2,(H2,22,23,24,25). The zero-order chi connectivity index (χ0) is 19.5. The molecule has 0 spiro atoms. The second-order valence-electron chi connectivity index (χ2n) is 6.70. The van der Waals surface area contributed by atoms with E-state index in [0.29, 0.717) is 11.8 Å². The lowest BCUT2D eigenvalue weighted by Gasteiger charge is -2.30. The second-order valence-corrected chi connectivity index (χ2v) is 6.70. The molecule has 0 unspecified atom stereocenters. The molecule has 8 nitrogen and oxygen atoms in total. The zero-order valence-electron chi connectivity index (χ0n) is 15.8. The number of nitrogens with one attached hydrogen (secondary N) is 2. The van der Waals surface area contributed by atoms with Crippen LogP contribution in [0.5, 0.6) is 11.5 Å². The predicted octanol–water partition coefficient (Wildman–Crippen LogP) is 3.53. The number of fused-ring (bicyclic) bond motifs is 1. The van der Waals surface area contributed by atoms with E-state index >= 15 is 0 Å². The minimum Gasteiger partial charge on any atom is -0.454 e. The summed E-state index contributed by atoms with van der Waals surface area (Å²) in [5.74, 6) is 2.68. The van der Waals surface area contributed by atoms with Crippen molar-refractivity contribution in [3.8, 4) is 11.5 Å². The van der Waals surface area contributed by atoms with Crippen LogP contribution in [0.25, 0.3) is 0 Å². The molecule has 0 bridgehead atoms. The van der Waals surface area contributed by atoms with Crippen molar-refractivity contribution in [2.75, 3.05) is 48.6 Å². The molecule has 2 aliphatic rings. The Labute approximate surface area is 168 Å². The number of aromatic nitrogens is 2. The summed E-state index contributed by atoms with van der Waals surface area (Å²) in [5, 5.41) is 6.63. The summed E-state index contributed by atoms with van der Waals surface area (Å²) >= 11 is 0. The molecule has 0 saturated carbocycles. The molecule has 1 aromatic heterocycles. The third kappa shape index (κ3) is 3.88. The van der Waals surface area contributed by atoms with Crippen LogP contribution >= 0.6 is 0 Å². The lowest BCUT2D eigenvalue weighted by molar-refractivity contribution is 0.123. The molecule has 2 N–H and O–H groups in total. The molecular weight excluding hydrogens is 370 g/mol. The SMILES string of the molecule is c1ccc(N2CCOCC2)c(Nc2nccc(Nc3ccc4c(c3)OCO4)n2)c1. The van der Waals surface area contributed by atoms with Gasteiger partial charge in [-0.25, -0.2) is 4.98 Å². The quantitative estimate of drug-likeness (QED) is 0.684. The summed E-state index contributed by atoms with van der Waals surface area (Å²) in [5.41, 5.74) is 2.95. The maximum atomic E-state index is 5.47. The van der Waals surface area contributed by atoms with E-state index < -0.39 is 0 Å². The summed E-state index contributed by atoms with van der Waals surface area (Å²) in [6.45, 7) is 3.46. The second kappa shape index (κ2) is 7.84. The van der Waals surface area contributed by atoms with Gasteiger partial charge in [0, 0.05) is 31.0 Å². The van der Waals surface area contributed by atoms with Crippen molar-refractivity contribution in [2.45, 2.75) is 0 Å². The Morgan fingerprint density at radius 3 is 2.69 bits per heavy atom. The Balaban J connectivity index is 1.34. The fourth-order valence-corrected chi connectivity index (χ4v) is 3.39. The molecule has 5 rings (SSSR count). The Hall–Kier alpha value is -3.52. The van der Waals surface area contributed by atoms with Crippen LogP contribution < -0.4 is 25.0 Å². The van der Waals surface area contributed by atoms with Crippen molar-refractivity contribution in [1.29, 1.82) is 0 Å². The van der Waals surface area contributed by atoms with Crippen LogP contribution in [0.4, 0.5) is 28.8 Å². The van der Waals surface area contributed by atoms with Crippen molar-refractivity contribution < 1.29 is 14.2 Å². The topological polar surface area (TPSA) is 80.8 Å². The number of nitrogens with zero attached hydrogens (tertiary/aromatic N) is 3. The molecule has 3 heterocycles. The van der Waals surface area contributed by atoms with E-state index in [1.807, 2.05) is 42.5 Å². The molecule has 0 aliphatic carbocycles. The molecule has 3 aromatic rings. The Kier molecular flexibility index (Phi) is 4.75. The van der Waals surface area contributed by atoms with Crippen LogP contribution in [0, 0.1) is 0 Å². The van der Waals surface area contributed by atoms with E-state index in [9.17, 15) is 0 Å². The number of rotatable bonds is 5. The normalized spacial score (nSPS) is 15.2. The minimum absolute atomic E-state index is 0.253. The van der Waals surface area contributed by atoms with Gasteiger partial charge in [0.2, 0.25) is 12.7 Å². The van der Waals surface area contributed by atoms with E-state index in [2.05, 4.69) is 31.6 Å². The largest absolute Gasteiger partial charge is 0.454 e. The Morgan fingerprint density at radius 2 is 1.76 bits per heavy atom. The summed E-state index contributed by atoms with van der Waals surface area (Å²) < 4.78 is 16.2. The predicted molar refractivity (Wildman–Crippen MR) is 111 cm³/mol. The van der Waals surface area contributed by atoms with Crippen LogP contribution in [0.15, 0.2) is 54.7 Å². The number of morpholine rings is 1. The van der Waals surface area contributed by atoms with Gasteiger partial charge in [-0.05, 0) is 30.3 Å². The fourth-order valence-electron chi connectivity index (χ4n) is 3.39. The van der Waals surface area contributed by atoms with Crippen LogP contribution in [0.2, 0.25) is 0 Å². The van der Waals surface area contributed by atoms with Crippen LogP contribution in [-0.4, -0.2) is 43.1 Å². The average Bonchev–Trinajstić information content (AvgIpc) is 3.23. The fraction of sp³-hybridized carbons (Fsp3) is 0.238. The number of para-hydroxylation sites is 2. The molecule has 1 saturated heterocycles. The average molecular weight is 391 g/mol. The van der Waals surface area contributed by atoms with Crippen molar-refractivity contribution in [1.82, 2.24) is 9.97 Å². The summed E-state index contributed by atoms with van der Waals surface area (Å²) in [6.07, 6.45) is 1.72. The highest BCUT2D eigenvalue weighted by Crippen LogP contribution is 2.35. The van der Waals surface area contributed by atoms with Crippen molar-refractivity contribution in [2.24, 2.45) is 0 Å². The maximum absolute atomic E-state index is 5.47. The number of hydrogen-bond acceptors (Lipinski definition) is 8. The molecule has 2 aliphatic heterocycles. The van der Waals surface area contributed by atoms with Gasteiger partial charge in [0.05, 0.1) is 24.6 Å². The molecule has 0 amide bonds. The molecule has 2 aromatic carbocycles. The van der Waals surface area contributed by atoms with Gasteiger partial charge in [-0.3, -0.25) is 0 Å². The van der Waals surface area contributed by atoms with Gasteiger partial charge in [-0.1, -0.05) is 12.1 Å². The Morgan fingerprint density at radius 1 is 0.897 bits per heavy atom. The number of benzene rings is 2. The van der Waals surface area contributed by atoms with Gasteiger partial charge >= 0.3 is 0 Å².